The molecule has 6 rings (SSSR count). The minimum Gasteiger partial charge on any atom is -0.494 e. The number of carbonyl (C=O) groups excluding carboxylic acids is 1. The number of aromatic nitrogens is 2. The number of unbranched alkanes of at least 4 members (excludes halogenated alkanes) is 2. The van der Waals surface area contributed by atoms with Crippen LogP contribution < -0.4 is 9.47 Å². The molecule has 0 bridgehead atoms. The van der Waals surface area contributed by atoms with Crippen LogP contribution >= 0.6 is 0 Å². The smallest absolute Gasteiger partial charge is 0.302 e. The zero-order valence-electron chi connectivity index (χ0n) is 25.8. The maximum atomic E-state index is 11.0. The van der Waals surface area contributed by atoms with Gasteiger partial charge in [0.05, 0.1) is 47.7 Å². The van der Waals surface area contributed by atoms with Crippen molar-refractivity contribution in [3.05, 3.63) is 119 Å². The molecule has 1 aliphatic carbocycles. The highest BCUT2D eigenvalue weighted by atomic mass is 16.5. The Morgan fingerprint density at radius 3 is 1.78 bits per heavy atom. The second kappa shape index (κ2) is 13.9. The minimum atomic E-state index is -0.692. The molecule has 1 aromatic heterocycles. The predicted molar refractivity (Wildman–Crippen MR) is 175 cm³/mol. The lowest BCUT2D eigenvalue weighted by Gasteiger charge is -2.32. The number of benzene rings is 4. The minimum absolute atomic E-state index is 0.256. The van der Waals surface area contributed by atoms with Crippen molar-refractivity contribution < 1.29 is 23.7 Å². The van der Waals surface area contributed by atoms with Crippen LogP contribution in [0.5, 0.6) is 11.5 Å². The number of rotatable bonds is 14. The van der Waals surface area contributed by atoms with E-state index in [0.717, 1.165) is 88.5 Å². The van der Waals surface area contributed by atoms with Gasteiger partial charge in [0.15, 0.2) is 0 Å². The number of hydrogen-bond acceptors (Lipinski definition) is 7. The highest BCUT2D eigenvalue weighted by Crippen LogP contribution is 2.55. The molecule has 0 saturated carbocycles. The van der Waals surface area contributed by atoms with Crippen molar-refractivity contribution in [3.63, 3.8) is 0 Å². The van der Waals surface area contributed by atoms with Crippen molar-refractivity contribution in [2.45, 2.75) is 38.0 Å². The van der Waals surface area contributed by atoms with Gasteiger partial charge in [0, 0.05) is 26.2 Å². The van der Waals surface area contributed by atoms with Crippen molar-refractivity contribution >= 4 is 17.0 Å². The largest absolute Gasteiger partial charge is 0.494 e. The normalized spacial score (nSPS) is 15.0. The van der Waals surface area contributed by atoms with E-state index in [1.807, 2.05) is 36.4 Å². The van der Waals surface area contributed by atoms with E-state index >= 15 is 0 Å². The number of esters is 1. The monoisotopic (exact) mass is 602 g/mol. The van der Waals surface area contributed by atoms with Gasteiger partial charge < -0.3 is 18.9 Å². The summed E-state index contributed by atoms with van der Waals surface area (Å²) in [5, 5.41) is 0. The van der Waals surface area contributed by atoms with Gasteiger partial charge in [0.1, 0.15) is 11.5 Å². The number of methoxy groups -OCH3 is 1. The summed E-state index contributed by atoms with van der Waals surface area (Å²) in [7, 11) is 1.72. The Labute approximate surface area is 264 Å². The van der Waals surface area contributed by atoms with E-state index in [-0.39, 0.29) is 5.97 Å². The van der Waals surface area contributed by atoms with Gasteiger partial charge in [-0.3, -0.25) is 4.79 Å². The molecule has 1 atom stereocenters. The van der Waals surface area contributed by atoms with Crippen LogP contribution in [0.15, 0.2) is 97.1 Å². The Hall–Kier alpha value is -4.75. The maximum absolute atomic E-state index is 11.0. The molecule has 0 N–H and O–H groups in total. The fourth-order valence-corrected chi connectivity index (χ4v) is 6.10. The third-order valence-electron chi connectivity index (χ3n) is 8.21. The van der Waals surface area contributed by atoms with Crippen molar-refractivity contribution in [1.82, 2.24) is 9.97 Å². The average Bonchev–Trinajstić information content (AvgIpc) is 3.35. The van der Waals surface area contributed by atoms with Crippen LogP contribution in [0, 0.1) is 0 Å². The third-order valence-corrected chi connectivity index (χ3v) is 8.21. The molecule has 0 radical (unpaired) electrons. The van der Waals surface area contributed by atoms with Gasteiger partial charge in [0.2, 0.25) is 0 Å². The lowest BCUT2D eigenvalue weighted by molar-refractivity contribution is -0.141. The van der Waals surface area contributed by atoms with Crippen LogP contribution in [-0.2, 0) is 19.7 Å². The van der Waals surface area contributed by atoms with E-state index in [2.05, 4.69) is 60.7 Å². The number of carbonyl (C=O) groups is 1. The fraction of sp³-hybridized carbons (Fsp3) is 0.289. The molecular formula is C38H38N2O5. The van der Waals surface area contributed by atoms with Crippen LogP contribution in [0.2, 0.25) is 0 Å². The standard InChI is InChI=1S/C38H38N2O5/c1-27(41)43-24-9-10-26-45-31-21-17-29(18-22-31)38(28-15-19-30(20-16-28)44-25-8-7-23-42-2)33-12-4-3-11-32(33)36-37(38)40-35-14-6-5-13-34(35)39-36/h3-6,11-22H,7-10,23-26H2,1-2H3. The number of ether oxygens (including phenoxy) is 4. The molecule has 1 unspecified atom stereocenters. The Balaban J connectivity index is 1.38. The third kappa shape index (κ3) is 6.26. The Kier molecular flexibility index (Phi) is 9.36. The van der Waals surface area contributed by atoms with Gasteiger partial charge in [0.25, 0.3) is 0 Å². The molecule has 0 amide bonds. The van der Waals surface area contributed by atoms with Crippen molar-refractivity contribution in [2.24, 2.45) is 0 Å². The zero-order chi connectivity index (χ0) is 31.1. The Morgan fingerprint density at radius 2 is 1.18 bits per heavy atom. The molecule has 45 heavy (non-hydrogen) atoms. The Bertz CT molecular complexity index is 1750. The van der Waals surface area contributed by atoms with Crippen molar-refractivity contribution in [1.29, 1.82) is 0 Å². The van der Waals surface area contributed by atoms with E-state index in [0.29, 0.717) is 19.8 Å². The first-order valence-corrected chi connectivity index (χ1v) is 15.6. The molecule has 4 aromatic carbocycles. The number of para-hydroxylation sites is 2. The summed E-state index contributed by atoms with van der Waals surface area (Å²) in [4.78, 5) is 21.5. The second-order valence-corrected chi connectivity index (χ2v) is 11.2. The van der Waals surface area contributed by atoms with E-state index in [9.17, 15) is 4.79 Å². The van der Waals surface area contributed by atoms with Crippen LogP contribution in [0.3, 0.4) is 0 Å². The first kappa shape index (κ1) is 30.3. The first-order valence-electron chi connectivity index (χ1n) is 15.6. The molecule has 5 aromatic rings. The molecule has 0 spiro atoms. The number of fused-ring (bicyclic) bond motifs is 4. The topological polar surface area (TPSA) is 79.8 Å². The molecule has 0 saturated heterocycles. The lowest BCUT2D eigenvalue weighted by Crippen LogP contribution is -2.29. The number of hydrogen-bond donors (Lipinski definition) is 0. The lowest BCUT2D eigenvalue weighted by atomic mass is 9.69. The number of nitrogens with zero attached hydrogens (tertiary/aromatic N) is 2. The van der Waals surface area contributed by atoms with E-state index in [1.54, 1.807) is 7.11 Å². The summed E-state index contributed by atoms with van der Waals surface area (Å²) < 4.78 is 22.3. The summed E-state index contributed by atoms with van der Waals surface area (Å²) in [6.45, 7) is 3.75. The molecule has 7 heteroatoms. The average molecular weight is 603 g/mol. The SMILES string of the molecule is COCCCCOc1ccc(C2(c3ccc(OCCCCOC(C)=O)cc3)c3ccccc3-c3nc4ccccc4nc32)cc1. The first-order chi connectivity index (χ1) is 22.1. The van der Waals surface area contributed by atoms with Crippen LogP contribution in [-0.4, -0.2) is 49.5 Å². The predicted octanol–water partition coefficient (Wildman–Crippen LogP) is 7.52. The van der Waals surface area contributed by atoms with E-state index < -0.39 is 5.41 Å². The molecule has 7 nitrogen and oxygen atoms in total. The summed E-state index contributed by atoms with van der Waals surface area (Å²) in [6.07, 6.45) is 3.45. The molecule has 230 valence electrons. The molecule has 1 heterocycles. The van der Waals surface area contributed by atoms with Gasteiger partial charge in [-0.1, -0.05) is 60.7 Å². The van der Waals surface area contributed by atoms with Crippen molar-refractivity contribution in [3.8, 4) is 22.8 Å². The van der Waals surface area contributed by atoms with Crippen LogP contribution in [0.1, 0.15) is 55.0 Å². The van der Waals surface area contributed by atoms with Gasteiger partial charge in [-0.2, -0.15) is 0 Å². The van der Waals surface area contributed by atoms with Gasteiger partial charge in [-0.05, 0) is 78.8 Å². The van der Waals surface area contributed by atoms with Crippen molar-refractivity contribution in [2.75, 3.05) is 33.5 Å². The zero-order valence-corrected chi connectivity index (χ0v) is 25.8. The van der Waals surface area contributed by atoms with Crippen LogP contribution in [0.25, 0.3) is 22.3 Å². The summed E-state index contributed by atoms with van der Waals surface area (Å²) in [5.74, 6) is 1.36. The van der Waals surface area contributed by atoms with Gasteiger partial charge >= 0.3 is 5.97 Å². The molecule has 0 fully saturated rings. The summed E-state index contributed by atoms with van der Waals surface area (Å²) >= 11 is 0. The van der Waals surface area contributed by atoms with E-state index in [4.69, 9.17) is 28.9 Å². The fourth-order valence-electron chi connectivity index (χ4n) is 6.10. The molecular weight excluding hydrogens is 564 g/mol. The Morgan fingerprint density at radius 1 is 0.644 bits per heavy atom. The molecule has 1 aliphatic rings. The summed E-state index contributed by atoms with van der Waals surface area (Å²) in [6, 6.07) is 33.3. The molecule has 0 aliphatic heterocycles. The highest BCUT2D eigenvalue weighted by Gasteiger charge is 2.48. The van der Waals surface area contributed by atoms with Crippen LogP contribution in [0.4, 0.5) is 0 Å². The second-order valence-electron chi connectivity index (χ2n) is 11.2. The van der Waals surface area contributed by atoms with Gasteiger partial charge in [-0.15, -0.1) is 0 Å². The highest BCUT2D eigenvalue weighted by molar-refractivity contribution is 5.87. The summed E-state index contributed by atoms with van der Waals surface area (Å²) in [5.41, 5.74) is 7.24. The van der Waals surface area contributed by atoms with Gasteiger partial charge in [-0.25, -0.2) is 9.97 Å². The van der Waals surface area contributed by atoms with E-state index in [1.165, 1.54) is 6.92 Å². The maximum Gasteiger partial charge on any atom is 0.302 e. The quantitative estimate of drug-likeness (QED) is 0.0942.